The summed E-state index contributed by atoms with van der Waals surface area (Å²) in [5.41, 5.74) is 5.21. The van der Waals surface area contributed by atoms with Gasteiger partial charge in [-0.3, -0.25) is 4.79 Å². The van der Waals surface area contributed by atoms with Gasteiger partial charge in [0.1, 0.15) is 0 Å². The molecule has 1 aliphatic rings. The van der Waals surface area contributed by atoms with Gasteiger partial charge in [-0.2, -0.15) is 0 Å². The Balaban J connectivity index is 2.15. The molecule has 0 radical (unpaired) electrons. The van der Waals surface area contributed by atoms with Crippen LogP contribution in [0.3, 0.4) is 0 Å². The number of hydrogen-bond acceptors (Lipinski definition) is 1. The number of aryl methyl sites for hydroxylation is 1. The van der Waals surface area contributed by atoms with Gasteiger partial charge in [-0.05, 0) is 29.5 Å². The summed E-state index contributed by atoms with van der Waals surface area (Å²) in [6.07, 6.45) is 3.30. The van der Waals surface area contributed by atoms with Crippen molar-refractivity contribution in [3.05, 3.63) is 59.2 Å². The topological polar surface area (TPSA) is 17.1 Å². The van der Waals surface area contributed by atoms with Crippen molar-refractivity contribution in [1.29, 1.82) is 0 Å². The maximum absolute atomic E-state index is 12.5. The minimum absolute atomic E-state index is 0.201. The number of fused-ring (bicyclic) bond motifs is 3. The zero-order valence-electron chi connectivity index (χ0n) is 10.6. The Morgan fingerprint density at radius 3 is 2.39 bits per heavy atom. The van der Waals surface area contributed by atoms with Crippen molar-refractivity contribution in [2.75, 3.05) is 0 Å². The van der Waals surface area contributed by atoms with Gasteiger partial charge in [-0.1, -0.05) is 55.8 Å². The molecule has 0 aromatic heterocycles. The summed E-state index contributed by atoms with van der Waals surface area (Å²) in [5, 5.41) is 0. The highest BCUT2D eigenvalue weighted by Gasteiger charge is 2.27. The first-order chi connectivity index (χ1) is 8.83. The lowest BCUT2D eigenvalue weighted by Gasteiger charge is -2.06. The lowest BCUT2D eigenvalue weighted by molar-refractivity contribution is 0.104. The molecule has 1 heteroatoms. The molecular weight excluding hydrogens is 220 g/mol. The van der Waals surface area contributed by atoms with Crippen LogP contribution in [0.5, 0.6) is 0 Å². The second kappa shape index (κ2) is 4.41. The van der Waals surface area contributed by atoms with E-state index in [0.717, 1.165) is 41.5 Å². The molecular formula is C17H16O. The molecule has 0 amide bonds. The molecule has 0 saturated heterocycles. The second-order valence-corrected chi connectivity index (χ2v) is 4.82. The Hall–Kier alpha value is -1.89. The molecule has 0 N–H and O–H groups in total. The van der Waals surface area contributed by atoms with Crippen LogP contribution >= 0.6 is 0 Å². The first-order valence-electron chi connectivity index (χ1n) is 6.59. The fourth-order valence-corrected chi connectivity index (χ4v) is 2.72. The number of carbonyl (C=O) groups is 1. The lowest BCUT2D eigenvalue weighted by Crippen LogP contribution is -2.00. The van der Waals surface area contributed by atoms with Crippen LogP contribution in [0.4, 0.5) is 0 Å². The number of ketones is 1. The largest absolute Gasteiger partial charge is 0.289 e. The summed E-state index contributed by atoms with van der Waals surface area (Å²) in [7, 11) is 0. The number of carbonyl (C=O) groups excluding carboxylic acids is 1. The van der Waals surface area contributed by atoms with Gasteiger partial charge in [0.25, 0.3) is 0 Å². The van der Waals surface area contributed by atoms with Crippen LogP contribution in [-0.4, -0.2) is 5.78 Å². The predicted octanol–water partition coefficient (Wildman–Crippen LogP) is 4.24. The van der Waals surface area contributed by atoms with Gasteiger partial charge in [0.05, 0.1) is 0 Å². The predicted molar refractivity (Wildman–Crippen MR) is 73.9 cm³/mol. The summed E-state index contributed by atoms with van der Waals surface area (Å²) >= 11 is 0. The molecule has 1 aliphatic carbocycles. The van der Waals surface area contributed by atoms with Crippen LogP contribution in [0, 0.1) is 0 Å². The highest BCUT2D eigenvalue weighted by Crippen LogP contribution is 2.38. The molecule has 0 aliphatic heterocycles. The standard InChI is InChI=1S/C17H16O/c1-2-3-7-12-8-6-11-14-13-9-4-5-10-15(13)17(18)16(12)14/h4-6,8-11H,2-3,7H2,1H3. The molecule has 0 saturated carbocycles. The van der Waals surface area contributed by atoms with Crippen LogP contribution in [-0.2, 0) is 6.42 Å². The van der Waals surface area contributed by atoms with Crippen molar-refractivity contribution in [2.45, 2.75) is 26.2 Å². The molecule has 0 fully saturated rings. The Morgan fingerprint density at radius 2 is 1.61 bits per heavy atom. The van der Waals surface area contributed by atoms with Gasteiger partial charge in [-0.15, -0.1) is 0 Å². The number of hydrogen-bond donors (Lipinski definition) is 0. The van der Waals surface area contributed by atoms with E-state index in [-0.39, 0.29) is 5.78 Å². The first kappa shape index (κ1) is 11.2. The molecule has 0 bridgehead atoms. The quantitative estimate of drug-likeness (QED) is 0.664. The zero-order valence-corrected chi connectivity index (χ0v) is 10.6. The minimum atomic E-state index is 0.201. The monoisotopic (exact) mass is 236 g/mol. The second-order valence-electron chi connectivity index (χ2n) is 4.82. The molecule has 90 valence electrons. The van der Waals surface area contributed by atoms with Crippen molar-refractivity contribution < 1.29 is 4.79 Å². The summed E-state index contributed by atoms with van der Waals surface area (Å²) in [4.78, 5) is 12.5. The van der Waals surface area contributed by atoms with E-state index in [4.69, 9.17) is 0 Å². The van der Waals surface area contributed by atoms with Crippen molar-refractivity contribution >= 4 is 5.78 Å². The first-order valence-corrected chi connectivity index (χ1v) is 6.59. The third-order valence-electron chi connectivity index (χ3n) is 3.64. The molecule has 0 unspecified atom stereocenters. The fraction of sp³-hybridized carbons (Fsp3) is 0.235. The normalized spacial score (nSPS) is 12.4. The van der Waals surface area contributed by atoms with E-state index in [1.54, 1.807) is 0 Å². The van der Waals surface area contributed by atoms with Gasteiger partial charge >= 0.3 is 0 Å². The molecule has 18 heavy (non-hydrogen) atoms. The van der Waals surface area contributed by atoms with E-state index in [0.29, 0.717) is 0 Å². The van der Waals surface area contributed by atoms with Gasteiger partial charge in [0.15, 0.2) is 5.78 Å². The molecule has 0 atom stereocenters. The van der Waals surface area contributed by atoms with E-state index >= 15 is 0 Å². The maximum Gasteiger partial charge on any atom is 0.194 e. The maximum atomic E-state index is 12.5. The molecule has 0 heterocycles. The van der Waals surface area contributed by atoms with Crippen LogP contribution in [0.1, 0.15) is 41.3 Å². The van der Waals surface area contributed by atoms with Crippen molar-refractivity contribution in [3.63, 3.8) is 0 Å². The molecule has 3 rings (SSSR count). The lowest BCUT2D eigenvalue weighted by atomic mass is 9.97. The van der Waals surface area contributed by atoms with E-state index < -0.39 is 0 Å². The minimum Gasteiger partial charge on any atom is -0.289 e. The molecule has 0 spiro atoms. The van der Waals surface area contributed by atoms with Crippen LogP contribution in [0.2, 0.25) is 0 Å². The Kier molecular flexibility index (Phi) is 2.75. The van der Waals surface area contributed by atoms with Gasteiger partial charge in [0.2, 0.25) is 0 Å². The van der Waals surface area contributed by atoms with Crippen molar-refractivity contribution in [2.24, 2.45) is 0 Å². The highest BCUT2D eigenvalue weighted by molar-refractivity contribution is 6.22. The third-order valence-corrected chi connectivity index (χ3v) is 3.64. The third kappa shape index (κ3) is 1.59. The average Bonchev–Trinajstić information content (AvgIpc) is 2.72. The summed E-state index contributed by atoms with van der Waals surface area (Å²) in [6.45, 7) is 2.18. The molecule has 2 aromatic carbocycles. The zero-order chi connectivity index (χ0) is 12.5. The molecule has 1 nitrogen and oxygen atoms in total. The molecule has 2 aromatic rings. The summed E-state index contributed by atoms with van der Waals surface area (Å²) in [6, 6.07) is 14.1. The smallest absolute Gasteiger partial charge is 0.194 e. The van der Waals surface area contributed by atoms with Crippen LogP contribution in [0.25, 0.3) is 11.1 Å². The Morgan fingerprint density at radius 1 is 0.889 bits per heavy atom. The van der Waals surface area contributed by atoms with E-state index in [1.165, 1.54) is 5.56 Å². The fourth-order valence-electron chi connectivity index (χ4n) is 2.72. The number of benzene rings is 2. The van der Waals surface area contributed by atoms with Crippen LogP contribution < -0.4 is 0 Å². The van der Waals surface area contributed by atoms with E-state index in [9.17, 15) is 4.79 Å². The van der Waals surface area contributed by atoms with Crippen molar-refractivity contribution in [1.82, 2.24) is 0 Å². The van der Waals surface area contributed by atoms with Gasteiger partial charge < -0.3 is 0 Å². The number of rotatable bonds is 3. The number of unbranched alkanes of at least 4 members (excludes halogenated alkanes) is 1. The average molecular weight is 236 g/mol. The highest BCUT2D eigenvalue weighted by atomic mass is 16.1. The summed E-state index contributed by atoms with van der Waals surface area (Å²) in [5.74, 6) is 0.201. The van der Waals surface area contributed by atoms with E-state index in [2.05, 4.69) is 25.1 Å². The van der Waals surface area contributed by atoms with E-state index in [1.807, 2.05) is 24.3 Å². The summed E-state index contributed by atoms with van der Waals surface area (Å²) < 4.78 is 0. The Bertz CT molecular complexity index is 611. The SMILES string of the molecule is CCCCc1cccc2c1C(=O)c1ccccc1-2. The Labute approximate surface area is 107 Å². The van der Waals surface area contributed by atoms with Crippen LogP contribution in [0.15, 0.2) is 42.5 Å². The van der Waals surface area contributed by atoms with Gasteiger partial charge in [0, 0.05) is 11.1 Å². The van der Waals surface area contributed by atoms with Crippen molar-refractivity contribution in [3.8, 4) is 11.1 Å². The van der Waals surface area contributed by atoms with Gasteiger partial charge in [-0.25, -0.2) is 0 Å².